The summed E-state index contributed by atoms with van der Waals surface area (Å²) in [4.78, 5) is 16.4. The zero-order chi connectivity index (χ0) is 19.7. The van der Waals surface area contributed by atoms with E-state index < -0.39 is 6.23 Å². The van der Waals surface area contributed by atoms with E-state index >= 15 is 0 Å². The predicted octanol–water partition coefficient (Wildman–Crippen LogP) is 3.79. The summed E-state index contributed by atoms with van der Waals surface area (Å²) in [5.74, 6) is -0.194. The molecule has 156 valence electrons. The zero-order valence-electron chi connectivity index (χ0n) is 16.1. The van der Waals surface area contributed by atoms with Gasteiger partial charge in [-0.1, -0.05) is 12.1 Å². The fourth-order valence-electron chi connectivity index (χ4n) is 4.22. The van der Waals surface area contributed by atoms with Crippen molar-refractivity contribution in [2.24, 2.45) is 5.92 Å². The monoisotopic (exact) mass is 422 g/mol. The van der Waals surface area contributed by atoms with Gasteiger partial charge in [0.2, 0.25) is 0 Å². The number of likely N-dealkylation sites (tertiary alicyclic amines) is 1. The number of benzene rings is 2. The van der Waals surface area contributed by atoms with E-state index in [9.17, 15) is 18.7 Å². The first kappa shape index (κ1) is 21.8. The molecule has 7 heteroatoms. The van der Waals surface area contributed by atoms with Crippen molar-refractivity contribution in [2.45, 2.75) is 25.6 Å². The van der Waals surface area contributed by atoms with Crippen LogP contribution in [-0.2, 0) is 6.54 Å². The van der Waals surface area contributed by atoms with Gasteiger partial charge in [0.25, 0.3) is 0 Å². The van der Waals surface area contributed by atoms with Crippen LogP contribution in [0, 0.1) is 17.6 Å². The molecule has 2 aromatic carbocycles. The molecule has 1 saturated heterocycles. The van der Waals surface area contributed by atoms with Gasteiger partial charge in [0.1, 0.15) is 17.9 Å². The van der Waals surface area contributed by atoms with Gasteiger partial charge in [-0.15, -0.1) is 12.4 Å². The van der Waals surface area contributed by atoms with Crippen molar-refractivity contribution < 1.29 is 18.7 Å². The number of ketones is 1. The molecule has 29 heavy (non-hydrogen) atoms. The second-order valence-corrected chi connectivity index (χ2v) is 7.76. The molecule has 0 aliphatic carbocycles. The van der Waals surface area contributed by atoms with E-state index in [0.29, 0.717) is 35.7 Å². The average molecular weight is 423 g/mol. The van der Waals surface area contributed by atoms with Crippen LogP contribution >= 0.6 is 12.4 Å². The molecule has 0 aromatic heterocycles. The fraction of sp³-hybridized carbons (Fsp3) is 0.409. The topological polar surface area (TPSA) is 43.8 Å². The van der Waals surface area contributed by atoms with Crippen LogP contribution in [0.4, 0.5) is 8.78 Å². The highest BCUT2D eigenvalue weighted by atomic mass is 35.5. The van der Waals surface area contributed by atoms with Crippen molar-refractivity contribution in [1.82, 2.24) is 9.80 Å². The van der Waals surface area contributed by atoms with E-state index in [1.54, 1.807) is 12.1 Å². The van der Waals surface area contributed by atoms with Gasteiger partial charge >= 0.3 is 0 Å². The standard InChI is InChI=1S/C22H24F2N2O2.ClH/c23-17-6-4-16(5-7-17)21(27)14-25-10-8-15(9-11-25)12-26-13-19-18(22(26)28)2-1-3-20(19)24;/h1-7,15,22,28H,8-14H2;1H. The highest BCUT2D eigenvalue weighted by Crippen LogP contribution is 2.34. The van der Waals surface area contributed by atoms with Crippen LogP contribution in [0.3, 0.4) is 0 Å². The van der Waals surface area contributed by atoms with Crippen molar-refractivity contribution in [2.75, 3.05) is 26.2 Å². The Morgan fingerprint density at radius 3 is 2.41 bits per heavy atom. The number of carbonyl (C=O) groups is 1. The summed E-state index contributed by atoms with van der Waals surface area (Å²) in [7, 11) is 0. The maximum absolute atomic E-state index is 14.0. The second kappa shape index (κ2) is 9.30. The van der Waals surface area contributed by atoms with Crippen molar-refractivity contribution in [1.29, 1.82) is 0 Å². The molecule has 0 spiro atoms. The average Bonchev–Trinajstić information content (AvgIpc) is 3.01. The van der Waals surface area contributed by atoms with Gasteiger partial charge in [-0.25, -0.2) is 8.78 Å². The van der Waals surface area contributed by atoms with Crippen molar-refractivity contribution in [3.63, 3.8) is 0 Å². The number of carbonyl (C=O) groups excluding carboxylic acids is 1. The molecule has 0 bridgehead atoms. The van der Waals surface area contributed by atoms with Crippen molar-refractivity contribution in [3.05, 3.63) is 70.8 Å². The van der Waals surface area contributed by atoms with E-state index in [0.717, 1.165) is 32.5 Å². The van der Waals surface area contributed by atoms with Crippen LogP contribution in [-0.4, -0.2) is 46.9 Å². The lowest BCUT2D eigenvalue weighted by atomic mass is 9.95. The molecular formula is C22H25ClF2N2O2. The third-order valence-electron chi connectivity index (χ3n) is 5.87. The molecule has 0 amide bonds. The molecule has 1 N–H and O–H groups in total. The van der Waals surface area contributed by atoms with E-state index in [1.807, 2.05) is 4.90 Å². The molecule has 4 rings (SSSR count). The van der Waals surface area contributed by atoms with Crippen LogP contribution in [0.2, 0.25) is 0 Å². The highest BCUT2D eigenvalue weighted by molar-refractivity contribution is 5.97. The van der Waals surface area contributed by atoms with E-state index in [4.69, 9.17) is 0 Å². The molecule has 0 radical (unpaired) electrons. The summed E-state index contributed by atoms with van der Waals surface area (Å²) < 4.78 is 26.9. The molecule has 2 aliphatic heterocycles. The predicted molar refractivity (Wildman–Crippen MR) is 109 cm³/mol. The molecule has 0 saturated carbocycles. The number of halogens is 3. The Bertz CT molecular complexity index is 854. The molecule has 2 aromatic rings. The maximum atomic E-state index is 14.0. The Labute approximate surface area is 175 Å². The number of fused-ring (bicyclic) bond motifs is 1. The number of hydrogen-bond donors (Lipinski definition) is 1. The minimum Gasteiger partial charge on any atom is -0.374 e. The first-order valence-corrected chi connectivity index (χ1v) is 9.72. The normalized spacial score (nSPS) is 20.3. The quantitative estimate of drug-likeness (QED) is 0.744. The molecule has 1 unspecified atom stereocenters. The number of rotatable bonds is 5. The fourth-order valence-corrected chi connectivity index (χ4v) is 4.22. The molecule has 1 fully saturated rings. The van der Waals surface area contributed by atoms with E-state index in [2.05, 4.69) is 4.90 Å². The number of nitrogens with zero attached hydrogens (tertiary/aromatic N) is 2. The molecular weight excluding hydrogens is 398 g/mol. The Kier molecular flexibility index (Phi) is 7.01. The molecule has 4 nitrogen and oxygen atoms in total. The largest absolute Gasteiger partial charge is 0.374 e. The number of Topliss-reactive ketones (excluding diaryl/α,β-unsaturated/α-hetero) is 1. The Morgan fingerprint density at radius 2 is 1.76 bits per heavy atom. The summed E-state index contributed by atoms with van der Waals surface area (Å²) in [5.41, 5.74) is 1.79. The first-order chi connectivity index (χ1) is 13.5. The van der Waals surface area contributed by atoms with Gasteiger partial charge < -0.3 is 5.11 Å². The Hall–Kier alpha value is -1.86. The molecule has 1 atom stereocenters. The third kappa shape index (κ3) is 4.83. The van der Waals surface area contributed by atoms with Gasteiger partial charge in [-0.05, 0) is 62.2 Å². The molecule has 2 aliphatic rings. The first-order valence-electron chi connectivity index (χ1n) is 9.72. The van der Waals surface area contributed by atoms with E-state index in [-0.39, 0.29) is 29.8 Å². The SMILES string of the molecule is Cl.O=C(CN1CCC(CN2Cc3c(F)cccc3C2O)CC1)c1ccc(F)cc1. The zero-order valence-corrected chi connectivity index (χ0v) is 16.9. The minimum absolute atomic E-state index is 0. The minimum atomic E-state index is -0.746. The number of hydrogen-bond acceptors (Lipinski definition) is 4. The van der Waals surface area contributed by atoms with E-state index in [1.165, 1.54) is 30.3 Å². The lowest BCUT2D eigenvalue weighted by Gasteiger charge is -2.34. The summed E-state index contributed by atoms with van der Waals surface area (Å²) >= 11 is 0. The van der Waals surface area contributed by atoms with Gasteiger partial charge in [-0.2, -0.15) is 0 Å². The Balaban J connectivity index is 0.00000240. The number of aliphatic hydroxyl groups excluding tert-OH is 1. The van der Waals surface area contributed by atoms with Gasteiger partial charge in [0.05, 0.1) is 6.54 Å². The smallest absolute Gasteiger partial charge is 0.176 e. The number of piperidine rings is 1. The Morgan fingerprint density at radius 1 is 1.07 bits per heavy atom. The van der Waals surface area contributed by atoms with Crippen molar-refractivity contribution >= 4 is 18.2 Å². The van der Waals surface area contributed by atoms with Gasteiger partial charge in [-0.3, -0.25) is 14.6 Å². The lowest BCUT2D eigenvalue weighted by Crippen LogP contribution is -2.40. The van der Waals surface area contributed by atoms with Crippen LogP contribution in [0.1, 0.15) is 40.6 Å². The number of aliphatic hydroxyl groups is 1. The van der Waals surface area contributed by atoms with Crippen LogP contribution in [0.15, 0.2) is 42.5 Å². The summed E-state index contributed by atoms with van der Waals surface area (Å²) in [6, 6.07) is 10.5. The van der Waals surface area contributed by atoms with Crippen LogP contribution in [0.5, 0.6) is 0 Å². The highest BCUT2D eigenvalue weighted by Gasteiger charge is 2.33. The summed E-state index contributed by atoms with van der Waals surface area (Å²) in [5, 5.41) is 10.5. The maximum Gasteiger partial charge on any atom is 0.176 e. The van der Waals surface area contributed by atoms with Crippen LogP contribution < -0.4 is 0 Å². The second-order valence-electron chi connectivity index (χ2n) is 7.76. The molecule has 2 heterocycles. The van der Waals surface area contributed by atoms with Crippen molar-refractivity contribution in [3.8, 4) is 0 Å². The van der Waals surface area contributed by atoms with Gasteiger partial charge in [0, 0.05) is 29.8 Å². The lowest BCUT2D eigenvalue weighted by molar-refractivity contribution is -0.00361. The summed E-state index contributed by atoms with van der Waals surface area (Å²) in [6.45, 7) is 3.11. The van der Waals surface area contributed by atoms with Crippen LogP contribution in [0.25, 0.3) is 0 Å². The summed E-state index contributed by atoms with van der Waals surface area (Å²) in [6.07, 6.45) is 1.11. The van der Waals surface area contributed by atoms with Gasteiger partial charge in [0.15, 0.2) is 5.78 Å². The third-order valence-corrected chi connectivity index (χ3v) is 5.87.